The van der Waals surface area contributed by atoms with Crippen molar-refractivity contribution in [3.8, 4) is 0 Å². The van der Waals surface area contributed by atoms with Gasteiger partial charge in [0.2, 0.25) is 15.9 Å². The van der Waals surface area contributed by atoms with Crippen molar-refractivity contribution in [1.29, 1.82) is 0 Å². The largest absolute Gasteiger partial charge is 0.340 e. The fourth-order valence-electron chi connectivity index (χ4n) is 4.66. The molecule has 2 aliphatic rings. The SMILES string of the molecule is C=CC(c1ccc2cc(Cl)ccc2c1)S(=O)(=O)N1CCN(C(=O)CC2CCNCC2)CC1.Cl. The Morgan fingerprint density at radius 2 is 1.73 bits per heavy atom. The molecule has 2 heterocycles. The number of nitrogens with zero attached hydrogens (tertiary/aromatic N) is 2. The van der Waals surface area contributed by atoms with Crippen LogP contribution in [0.4, 0.5) is 0 Å². The molecule has 0 saturated carbocycles. The van der Waals surface area contributed by atoms with E-state index in [1.165, 1.54) is 10.4 Å². The molecular weight excluding hydrogens is 481 g/mol. The van der Waals surface area contributed by atoms with Gasteiger partial charge in [-0.15, -0.1) is 19.0 Å². The van der Waals surface area contributed by atoms with Gasteiger partial charge in [-0.05, 0) is 66.4 Å². The lowest BCUT2D eigenvalue weighted by molar-refractivity contribution is -0.133. The van der Waals surface area contributed by atoms with Gasteiger partial charge in [-0.1, -0.05) is 35.9 Å². The van der Waals surface area contributed by atoms with E-state index in [0.29, 0.717) is 49.1 Å². The summed E-state index contributed by atoms with van der Waals surface area (Å²) in [6, 6.07) is 11.1. The summed E-state index contributed by atoms with van der Waals surface area (Å²) in [6.45, 7) is 7.23. The fraction of sp³-hybridized carbons (Fsp3) is 0.458. The van der Waals surface area contributed by atoms with Crippen LogP contribution in [0, 0.1) is 5.92 Å². The molecule has 2 saturated heterocycles. The summed E-state index contributed by atoms with van der Waals surface area (Å²) < 4.78 is 28.3. The molecule has 1 N–H and O–H groups in total. The molecule has 1 unspecified atom stereocenters. The summed E-state index contributed by atoms with van der Waals surface area (Å²) in [6.07, 6.45) is 4.10. The summed E-state index contributed by atoms with van der Waals surface area (Å²) in [5.74, 6) is 0.570. The number of nitrogens with one attached hydrogen (secondary N) is 1. The highest BCUT2D eigenvalue weighted by molar-refractivity contribution is 7.89. The van der Waals surface area contributed by atoms with Gasteiger partial charge in [-0.3, -0.25) is 4.79 Å². The number of halogens is 2. The van der Waals surface area contributed by atoms with Gasteiger partial charge in [0.25, 0.3) is 0 Å². The predicted octanol–water partition coefficient (Wildman–Crippen LogP) is 4.01. The van der Waals surface area contributed by atoms with Crippen molar-refractivity contribution in [3.05, 3.63) is 59.6 Å². The average Bonchev–Trinajstić information content (AvgIpc) is 2.80. The van der Waals surface area contributed by atoms with Gasteiger partial charge >= 0.3 is 0 Å². The van der Waals surface area contributed by atoms with E-state index in [4.69, 9.17) is 11.6 Å². The molecule has 0 aromatic heterocycles. The third kappa shape index (κ3) is 5.89. The number of fused-ring (bicyclic) bond motifs is 1. The molecule has 4 rings (SSSR count). The van der Waals surface area contributed by atoms with Crippen molar-refractivity contribution in [2.75, 3.05) is 39.3 Å². The van der Waals surface area contributed by atoms with Gasteiger partial charge in [0.05, 0.1) is 0 Å². The van der Waals surface area contributed by atoms with Crippen LogP contribution in [0.25, 0.3) is 10.8 Å². The van der Waals surface area contributed by atoms with Crippen LogP contribution in [0.5, 0.6) is 0 Å². The Bertz CT molecular complexity index is 1100. The van der Waals surface area contributed by atoms with E-state index in [0.717, 1.165) is 36.7 Å². The minimum Gasteiger partial charge on any atom is -0.340 e. The number of piperazine rings is 1. The first-order valence-electron chi connectivity index (χ1n) is 11.2. The standard InChI is InChI=1S/C24H30ClN3O3S.ClH/c1-2-23(21-4-3-20-17-22(25)6-5-19(20)16-21)32(30,31)28-13-11-27(12-14-28)24(29)15-18-7-9-26-10-8-18;/h2-6,16-18,23,26H,1,7-15H2;1H. The van der Waals surface area contributed by atoms with Crippen molar-refractivity contribution in [3.63, 3.8) is 0 Å². The number of sulfonamides is 1. The first-order valence-corrected chi connectivity index (χ1v) is 13.1. The average molecular weight is 513 g/mol. The Kier molecular flexibility index (Phi) is 8.81. The van der Waals surface area contributed by atoms with Crippen LogP contribution in [-0.4, -0.2) is 62.8 Å². The van der Waals surface area contributed by atoms with Crippen LogP contribution in [-0.2, 0) is 14.8 Å². The van der Waals surface area contributed by atoms with Crippen molar-refractivity contribution in [2.45, 2.75) is 24.5 Å². The molecule has 2 aromatic carbocycles. The Balaban J connectivity index is 0.00000306. The number of rotatable bonds is 6. The number of piperidine rings is 1. The first-order chi connectivity index (χ1) is 15.4. The summed E-state index contributed by atoms with van der Waals surface area (Å²) in [5, 5.41) is 5.02. The number of benzene rings is 2. The van der Waals surface area contributed by atoms with Gasteiger partial charge in [-0.25, -0.2) is 8.42 Å². The molecule has 33 heavy (non-hydrogen) atoms. The number of hydrogen-bond donors (Lipinski definition) is 1. The Morgan fingerprint density at radius 1 is 1.09 bits per heavy atom. The highest BCUT2D eigenvalue weighted by Crippen LogP contribution is 2.31. The molecule has 0 radical (unpaired) electrons. The summed E-state index contributed by atoms with van der Waals surface area (Å²) in [5.41, 5.74) is 0.680. The maximum Gasteiger partial charge on any atom is 0.224 e. The zero-order valence-corrected chi connectivity index (χ0v) is 21.0. The maximum absolute atomic E-state index is 13.4. The van der Waals surface area contributed by atoms with Gasteiger partial charge in [0.15, 0.2) is 0 Å². The summed E-state index contributed by atoms with van der Waals surface area (Å²) in [4.78, 5) is 14.5. The lowest BCUT2D eigenvalue weighted by atomic mass is 9.94. The quantitative estimate of drug-likeness (QED) is 0.594. The molecule has 2 fully saturated rings. The van der Waals surface area contributed by atoms with E-state index in [-0.39, 0.29) is 18.3 Å². The van der Waals surface area contributed by atoms with Gasteiger partial charge < -0.3 is 10.2 Å². The van der Waals surface area contributed by atoms with Crippen LogP contribution in [0.15, 0.2) is 49.1 Å². The van der Waals surface area contributed by atoms with E-state index in [1.807, 2.05) is 35.2 Å². The van der Waals surface area contributed by atoms with Crippen LogP contribution in [0.3, 0.4) is 0 Å². The van der Waals surface area contributed by atoms with Gasteiger partial charge in [-0.2, -0.15) is 4.31 Å². The molecule has 2 aromatic rings. The minimum absolute atomic E-state index is 0. The van der Waals surface area contributed by atoms with Crippen LogP contribution in [0.2, 0.25) is 5.02 Å². The molecular formula is C24H31Cl2N3O3S. The van der Waals surface area contributed by atoms with Crippen molar-refractivity contribution in [2.24, 2.45) is 5.92 Å². The Morgan fingerprint density at radius 3 is 2.39 bits per heavy atom. The highest BCUT2D eigenvalue weighted by atomic mass is 35.5. The molecule has 1 amide bonds. The third-order valence-corrected chi connectivity index (χ3v) is 8.99. The van der Waals surface area contributed by atoms with Gasteiger partial charge in [0, 0.05) is 37.6 Å². The third-order valence-electron chi connectivity index (χ3n) is 6.56. The molecule has 1 atom stereocenters. The zero-order valence-electron chi connectivity index (χ0n) is 18.6. The van der Waals surface area contributed by atoms with Crippen LogP contribution >= 0.6 is 24.0 Å². The molecule has 2 aliphatic heterocycles. The molecule has 180 valence electrons. The van der Waals surface area contributed by atoms with Gasteiger partial charge in [0.1, 0.15) is 5.25 Å². The fourth-order valence-corrected chi connectivity index (χ4v) is 6.56. The van der Waals surface area contributed by atoms with Crippen molar-refractivity contribution >= 4 is 50.7 Å². The molecule has 6 nitrogen and oxygen atoms in total. The summed E-state index contributed by atoms with van der Waals surface area (Å²) in [7, 11) is -3.64. The molecule has 0 spiro atoms. The van der Waals surface area contributed by atoms with Crippen LogP contribution < -0.4 is 5.32 Å². The lowest BCUT2D eigenvalue weighted by Gasteiger charge is -2.36. The molecule has 0 bridgehead atoms. The van der Waals surface area contributed by atoms with E-state index >= 15 is 0 Å². The van der Waals surface area contributed by atoms with Crippen molar-refractivity contribution < 1.29 is 13.2 Å². The second-order valence-corrected chi connectivity index (χ2v) is 11.1. The molecule has 0 aliphatic carbocycles. The first kappa shape index (κ1) is 26.0. The normalized spacial score (nSPS) is 19.1. The Labute approximate surface area is 207 Å². The van der Waals surface area contributed by atoms with E-state index in [9.17, 15) is 13.2 Å². The highest BCUT2D eigenvalue weighted by Gasteiger charge is 2.35. The van der Waals surface area contributed by atoms with Crippen molar-refractivity contribution in [1.82, 2.24) is 14.5 Å². The van der Waals surface area contributed by atoms with E-state index < -0.39 is 15.3 Å². The maximum atomic E-state index is 13.4. The zero-order chi connectivity index (χ0) is 22.7. The number of carbonyl (C=O) groups excluding carboxylic acids is 1. The number of amides is 1. The monoisotopic (exact) mass is 511 g/mol. The number of hydrogen-bond acceptors (Lipinski definition) is 4. The second-order valence-electron chi connectivity index (χ2n) is 8.63. The second kappa shape index (κ2) is 11.2. The Hall–Kier alpha value is -1.64. The van der Waals surface area contributed by atoms with E-state index in [1.54, 1.807) is 6.07 Å². The smallest absolute Gasteiger partial charge is 0.224 e. The molecule has 9 heteroatoms. The lowest BCUT2D eigenvalue weighted by Crippen LogP contribution is -2.51. The summed E-state index contributed by atoms with van der Waals surface area (Å²) >= 11 is 6.06. The predicted molar refractivity (Wildman–Crippen MR) is 136 cm³/mol. The minimum atomic E-state index is -3.64. The van der Waals surface area contributed by atoms with Crippen LogP contribution in [0.1, 0.15) is 30.1 Å². The topological polar surface area (TPSA) is 69.7 Å². The van der Waals surface area contributed by atoms with E-state index in [2.05, 4.69) is 11.9 Å². The number of carbonyl (C=O) groups is 1.